The minimum atomic E-state index is 0.446. The highest BCUT2D eigenvalue weighted by Crippen LogP contribution is 2.26. The second kappa shape index (κ2) is 4.64. The molecule has 4 heteroatoms. The van der Waals surface area contributed by atoms with Gasteiger partial charge in [0.25, 0.3) is 0 Å². The lowest BCUT2D eigenvalue weighted by atomic mass is 10.1. The molecule has 2 rings (SSSR count). The van der Waals surface area contributed by atoms with E-state index >= 15 is 0 Å². The smallest absolute Gasteiger partial charge is 0.140 e. The first kappa shape index (κ1) is 11.7. The summed E-state index contributed by atoms with van der Waals surface area (Å²) < 4.78 is 2.18. The summed E-state index contributed by atoms with van der Waals surface area (Å²) >= 11 is 12.0. The summed E-state index contributed by atoms with van der Waals surface area (Å²) in [6.07, 6.45) is 3.20. The van der Waals surface area contributed by atoms with Gasteiger partial charge in [-0.25, -0.2) is 4.98 Å². The van der Waals surface area contributed by atoms with Crippen LogP contribution in [0, 0.1) is 5.92 Å². The van der Waals surface area contributed by atoms with Crippen LogP contribution in [0.3, 0.4) is 0 Å². The Morgan fingerprint density at radius 1 is 1.44 bits per heavy atom. The lowest BCUT2D eigenvalue weighted by Crippen LogP contribution is -2.05. The molecular weight excluding hydrogens is 243 g/mol. The number of halogens is 2. The Morgan fingerprint density at radius 2 is 2.19 bits per heavy atom. The number of rotatable bonds is 3. The molecule has 0 saturated carbocycles. The largest absolute Gasteiger partial charge is 0.347 e. The van der Waals surface area contributed by atoms with E-state index in [9.17, 15) is 0 Å². The number of aromatic nitrogens is 2. The second-order valence-electron chi connectivity index (χ2n) is 4.15. The Morgan fingerprint density at radius 3 is 2.88 bits per heavy atom. The second-order valence-corrected chi connectivity index (χ2v) is 4.90. The van der Waals surface area contributed by atoms with Crippen LogP contribution >= 0.6 is 23.2 Å². The topological polar surface area (TPSA) is 17.8 Å². The summed E-state index contributed by atoms with van der Waals surface area (Å²) in [6, 6.07) is 3.86. The van der Waals surface area contributed by atoms with E-state index in [0.29, 0.717) is 16.2 Å². The molecule has 16 heavy (non-hydrogen) atoms. The van der Waals surface area contributed by atoms with Gasteiger partial charge >= 0.3 is 0 Å². The highest BCUT2D eigenvalue weighted by Gasteiger charge is 2.09. The van der Waals surface area contributed by atoms with Crippen LogP contribution in [0.15, 0.2) is 18.3 Å². The quantitative estimate of drug-likeness (QED) is 0.745. The molecule has 0 unspecified atom stereocenters. The SMILES string of the molecule is CC[C@@H](C)Cn1ccc2c(Cl)nc(Cl)cc21. The van der Waals surface area contributed by atoms with Crippen molar-refractivity contribution in [1.29, 1.82) is 0 Å². The van der Waals surface area contributed by atoms with Gasteiger partial charge in [0, 0.05) is 18.1 Å². The van der Waals surface area contributed by atoms with E-state index in [1.165, 1.54) is 0 Å². The van der Waals surface area contributed by atoms with Gasteiger partial charge in [-0.3, -0.25) is 0 Å². The first-order chi connectivity index (χ1) is 7.61. The zero-order chi connectivity index (χ0) is 11.7. The minimum Gasteiger partial charge on any atom is -0.347 e. The Labute approximate surface area is 105 Å². The normalized spacial score (nSPS) is 13.2. The average molecular weight is 257 g/mol. The maximum absolute atomic E-state index is 6.04. The fourth-order valence-corrected chi connectivity index (χ4v) is 2.23. The maximum Gasteiger partial charge on any atom is 0.140 e. The Kier molecular flexibility index (Phi) is 3.41. The molecule has 86 valence electrons. The van der Waals surface area contributed by atoms with Crippen LogP contribution in [-0.2, 0) is 6.54 Å². The average Bonchev–Trinajstić information content (AvgIpc) is 2.61. The zero-order valence-electron chi connectivity index (χ0n) is 9.37. The van der Waals surface area contributed by atoms with Gasteiger partial charge in [-0.2, -0.15) is 0 Å². The molecule has 0 spiro atoms. The van der Waals surface area contributed by atoms with Crippen molar-refractivity contribution in [1.82, 2.24) is 9.55 Å². The van der Waals surface area contributed by atoms with Gasteiger partial charge in [-0.1, -0.05) is 43.5 Å². The lowest BCUT2D eigenvalue weighted by molar-refractivity contribution is 0.477. The standard InChI is InChI=1S/C12H14Cl2N2/c1-3-8(2)7-16-5-4-9-10(16)6-11(13)15-12(9)14/h4-6,8H,3,7H2,1-2H3/t8-/m1/s1. The molecule has 2 aromatic rings. The van der Waals surface area contributed by atoms with Crippen LogP contribution in [0.4, 0.5) is 0 Å². The molecule has 0 aliphatic rings. The molecule has 0 fully saturated rings. The fraction of sp³-hybridized carbons (Fsp3) is 0.417. The molecule has 2 heterocycles. The molecule has 2 nitrogen and oxygen atoms in total. The van der Waals surface area contributed by atoms with Crippen LogP contribution < -0.4 is 0 Å². The van der Waals surface area contributed by atoms with Crippen LogP contribution in [0.5, 0.6) is 0 Å². The summed E-state index contributed by atoms with van der Waals surface area (Å²) in [5.74, 6) is 0.640. The first-order valence-corrected chi connectivity index (χ1v) is 6.18. The van der Waals surface area contributed by atoms with Gasteiger partial charge in [0.1, 0.15) is 10.3 Å². The Bertz CT molecular complexity index is 505. The van der Waals surface area contributed by atoms with Gasteiger partial charge in [0.2, 0.25) is 0 Å². The summed E-state index contributed by atoms with van der Waals surface area (Å²) in [5, 5.41) is 1.89. The minimum absolute atomic E-state index is 0.446. The third-order valence-electron chi connectivity index (χ3n) is 2.89. The molecule has 0 aromatic carbocycles. The number of fused-ring (bicyclic) bond motifs is 1. The summed E-state index contributed by atoms with van der Waals surface area (Å²) in [4.78, 5) is 4.03. The van der Waals surface area contributed by atoms with Crippen molar-refractivity contribution in [3.63, 3.8) is 0 Å². The van der Waals surface area contributed by atoms with Gasteiger partial charge in [-0.05, 0) is 18.1 Å². The van der Waals surface area contributed by atoms with Crippen molar-refractivity contribution < 1.29 is 0 Å². The molecular formula is C12H14Cl2N2. The maximum atomic E-state index is 6.04. The van der Waals surface area contributed by atoms with Crippen molar-refractivity contribution >= 4 is 34.1 Å². The number of nitrogens with zero attached hydrogens (tertiary/aromatic N) is 2. The van der Waals surface area contributed by atoms with E-state index in [-0.39, 0.29) is 0 Å². The summed E-state index contributed by atoms with van der Waals surface area (Å²) in [5.41, 5.74) is 1.06. The lowest BCUT2D eigenvalue weighted by Gasteiger charge is -2.11. The van der Waals surface area contributed by atoms with Crippen LogP contribution in [0.2, 0.25) is 10.3 Å². The summed E-state index contributed by atoms with van der Waals surface area (Å²) in [7, 11) is 0. The van der Waals surface area contributed by atoms with E-state index in [1.54, 1.807) is 0 Å². The first-order valence-electron chi connectivity index (χ1n) is 5.42. The van der Waals surface area contributed by atoms with E-state index in [2.05, 4.69) is 23.4 Å². The number of hydrogen-bond donors (Lipinski definition) is 0. The van der Waals surface area contributed by atoms with Crippen molar-refractivity contribution in [2.75, 3.05) is 0 Å². The molecule has 0 amide bonds. The molecule has 0 N–H and O–H groups in total. The predicted octanol–water partition coefficient (Wildman–Crippen LogP) is 4.39. The van der Waals surface area contributed by atoms with Gasteiger partial charge < -0.3 is 4.57 Å². The van der Waals surface area contributed by atoms with Crippen molar-refractivity contribution in [2.45, 2.75) is 26.8 Å². The van der Waals surface area contributed by atoms with E-state index in [4.69, 9.17) is 23.2 Å². The van der Waals surface area contributed by atoms with E-state index < -0.39 is 0 Å². The van der Waals surface area contributed by atoms with Crippen molar-refractivity contribution in [2.24, 2.45) is 5.92 Å². The molecule has 0 aliphatic carbocycles. The van der Waals surface area contributed by atoms with E-state index in [1.807, 2.05) is 18.3 Å². The third kappa shape index (κ3) is 2.18. The van der Waals surface area contributed by atoms with Crippen LogP contribution in [0.25, 0.3) is 10.9 Å². The monoisotopic (exact) mass is 256 g/mol. The van der Waals surface area contributed by atoms with Crippen molar-refractivity contribution in [3.8, 4) is 0 Å². The van der Waals surface area contributed by atoms with Gasteiger partial charge in [-0.15, -0.1) is 0 Å². The third-order valence-corrected chi connectivity index (χ3v) is 3.38. The summed E-state index contributed by atoms with van der Waals surface area (Å²) in [6.45, 7) is 5.41. The molecule has 0 aliphatic heterocycles. The number of pyridine rings is 1. The molecule has 0 radical (unpaired) electrons. The van der Waals surface area contributed by atoms with E-state index in [0.717, 1.165) is 23.9 Å². The highest BCUT2D eigenvalue weighted by molar-refractivity contribution is 6.36. The Balaban J connectivity index is 2.47. The number of hydrogen-bond acceptors (Lipinski definition) is 1. The molecule has 0 bridgehead atoms. The molecule has 2 aromatic heterocycles. The molecule has 1 atom stereocenters. The van der Waals surface area contributed by atoms with Gasteiger partial charge in [0.05, 0.1) is 5.52 Å². The van der Waals surface area contributed by atoms with Crippen LogP contribution in [-0.4, -0.2) is 9.55 Å². The van der Waals surface area contributed by atoms with Crippen LogP contribution in [0.1, 0.15) is 20.3 Å². The highest BCUT2D eigenvalue weighted by atomic mass is 35.5. The zero-order valence-corrected chi connectivity index (χ0v) is 10.9. The van der Waals surface area contributed by atoms with Crippen molar-refractivity contribution in [3.05, 3.63) is 28.6 Å². The Hall–Kier alpha value is -0.730. The molecule has 0 saturated heterocycles. The fourth-order valence-electron chi connectivity index (χ4n) is 1.74. The van der Waals surface area contributed by atoms with Gasteiger partial charge in [0.15, 0.2) is 0 Å². The predicted molar refractivity (Wildman–Crippen MR) is 69.2 cm³/mol.